The number of amides is 1. The van der Waals surface area contributed by atoms with Gasteiger partial charge in [0.15, 0.2) is 0 Å². The number of furan rings is 1. The van der Waals surface area contributed by atoms with Crippen molar-refractivity contribution in [2.24, 2.45) is 5.92 Å². The highest BCUT2D eigenvalue weighted by atomic mass is 16.3. The summed E-state index contributed by atoms with van der Waals surface area (Å²) in [4.78, 5) is 16.7. The lowest BCUT2D eigenvalue weighted by Crippen LogP contribution is -2.42. The standard InChI is InChI=1S/C18H28N2O2/c1-14-9-10-16(22-14)12-19(2)18(21)13-20-11-5-8-17(20)15-6-3-4-7-15/h9-10,15,17H,3-8,11-13H2,1-2H3. The molecule has 2 heterocycles. The van der Waals surface area contributed by atoms with Crippen molar-refractivity contribution in [2.75, 3.05) is 20.1 Å². The summed E-state index contributed by atoms with van der Waals surface area (Å²) in [6, 6.07) is 4.55. The average Bonchev–Trinajstić information content (AvgIpc) is 3.20. The van der Waals surface area contributed by atoms with Gasteiger partial charge in [0.25, 0.3) is 0 Å². The minimum absolute atomic E-state index is 0.207. The van der Waals surface area contributed by atoms with Crippen molar-refractivity contribution in [1.29, 1.82) is 0 Å². The van der Waals surface area contributed by atoms with Crippen molar-refractivity contribution < 1.29 is 9.21 Å². The maximum Gasteiger partial charge on any atom is 0.236 e. The van der Waals surface area contributed by atoms with Gasteiger partial charge in [0, 0.05) is 13.1 Å². The van der Waals surface area contributed by atoms with Crippen LogP contribution in [0.25, 0.3) is 0 Å². The molecule has 122 valence electrons. The molecule has 1 saturated carbocycles. The Morgan fingerprint density at radius 1 is 1.27 bits per heavy atom. The van der Waals surface area contributed by atoms with Crippen LogP contribution in [0.4, 0.5) is 0 Å². The number of likely N-dealkylation sites (tertiary alicyclic amines) is 1. The van der Waals surface area contributed by atoms with Gasteiger partial charge < -0.3 is 9.32 Å². The molecule has 1 aliphatic heterocycles. The molecular formula is C18H28N2O2. The molecule has 1 atom stereocenters. The van der Waals surface area contributed by atoms with Gasteiger partial charge in [-0.05, 0) is 57.2 Å². The lowest BCUT2D eigenvalue weighted by Gasteiger charge is -2.30. The molecule has 4 heteroatoms. The SMILES string of the molecule is Cc1ccc(CN(C)C(=O)CN2CCCC2C2CCCC2)o1. The van der Waals surface area contributed by atoms with Crippen molar-refractivity contribution in [3.63, 3.8) is 0 Å². The monoisotopic (exact) mass is 304 g/mol. The summed E-state index contributed by atoms with van der Waals surface area (Å²) in [5.41, 5.74) is 0. The van der Waals surface area contributed by atoms with E-state index < -0.39 is 0 Å². The smallest absolute Gasteiger partial charge is 0.236 e. The highest BCUT2D eigenvalue weighted by molar-refractivity contribution is 5.78. The van der Waals surface area contributed by atoms with Gasteiger partial charge in [0.05, 0.1) is 13.1 Å². The summed E-state index contributed by atoms with van der Waals surface area (Å²) in [6.07, 6.45) is 7.99. The van der Waals surface area contributed by atoms with Gasteiger partial charge in [-0.1, -0.05) is 12.8 Å². The number of carbonyl (C=O) groups is 1. The molecule has 0 N–H and O–H groups in total. The Kier molecular flexibility index (Phi) is 4.87. The second-order valence-electron chi connectivity index (χ2n) is 6.99. The quantitative estimate of drug-likeness (QED) is 0.838. The van der Waals surface area contributed by atoms with E-state index in [2.05, 4.69) is 4.90 Å². The third kappa shape index (κ3) is 3.54. The van der Waals surface area contributed by atoms with E-state index in [-0.39, 0.29) is 5.91 Å². The van der Waals surface area contributed by atoms with E-state index in [4.69, 9.17) is 4.42 Å². The van der Waals surface area contributed by atoms with E-state index in [1.54, 1.807) is 4.90 Å². The van der Waals surface area contributed by atoms with Crippen LogP contribution in [0.3, 0.4) is 0 Å². The van der Waals surface area contributed by atoms with E-state index in [1.807, 2.05) is 26.1 Å². The molecule has 1 aromatic rings. The Bertz CT molecular complexity index is 505. The van der Waals surface area contributed by atoms with E-state index in [0.29, 0.717) is 19.1 Å². The van der Waals surface area contributed by atoms with E-state index in [1.165, 1.54) is 38.5 Å². The lowest BCUT2D eigenvalue weighted by atomic mass is 9.96. The lowest BCUT2D eigenvalue weighted by molar-refractivity contribution is -0.132. The second-order valence-corrected chi connectivity index (χ2v) is 6.99. The van der Waals surface area contributed by atoms with Crippen LogP contribution >= 0.6 is 0 Å². The number of rotatable bonds is 5. The van der Waals surface area contributed by atoms with Crippen molar-refractivity contribution in [1.82, 2.24) is 9.80 Å². The van der Waals surface area contributed by atoms with Crippen LogP contribution in [-0.2, 0) is 11.3 Å². The molecule has 4 nitrogen and oxygen atoms in total. The van der Waals surface area contributed by atoms with E-state index in [9.17, 15) is 4.79 Å². The van der Waals surface area contributed by atoms with Crippen LogP contribution in [-0.4, -0.2) is 41.9 Å². The first-order chi connectivity index (χ1) is 10.6. The number of hydrogen-bond donors (Lipinski definition) is 0. The predicted molar refractivity (Wildman–Crippen MR) is 86.5 cm³/mol. The van der Waals surface area contributed by atoms with Crippen molar-refractivity contribution in [3.05, 3.63) is 23.7 Å². The fourth-order valence-corrected chi connectivity index (χ4v) is 4.11. The number of nitrogens with zero attached hydrogens (tertiary/aromatic N) is 2. The Labute approximate surface area is 133 Å². The molecule has 22 heavy (non-hydrogen) atoms. The van der Waals surface area contributed by atoms with Gasteiger partial charge in [-0.25, -0.2) is 0 Å². The third-order valence-corrected chi connectivity index (χ3v) is 5.31. The van der Waals surface area contributed by atoms with Crippen molar-refractivity contribution >= 4 is 5.91 Å². The Morgan fingerprint density at radius 3 is 2.73 bits per heavy atom. The first-order valence-corrected chi connectivity index (χ1v) is 8.67. The minimum Gasteiger partial charge on any atom is -0.464 e. The highest BCUT2D eigenvalue weighted by Gasteiger charge is 2.34. The number of likely N-dealkylation sites (N-methyl/N-ethyl adjacent to an activating group) is 1. The first kappa shape index (κ1) is 15.6. The zero-order valence-corrected chi connectivity index (χ0v) is 13.9. The third-order valence-electron chi connectivity index (χ3n) is 5.31. The van der Waals surface area contributed by atoms with Gasteiger partial charge in [0.1, 0.15) is 11.5 Å². The summed E-state index contributed by atoms with van der Waals surface area (Å²) in [5.74, 6) is 2.80. The van der Waals surface area contributed by atoms with E-state index in [0.717, 1.165) is 24.0 Å². The molecule has 0 spiro atoms. The number of aryl methyl sites for hydroxylation is 1. The maximum atomic E-state index is 12.5. The van der Waals surface area contributed by atoms with Gasteiger partial charge in [-0.2, -0.15) is 0 Å². The van der Waals surface area contributed by atoms with Crippen LogP contribution in [0.15, 0.2) is 16.5 Å². The number of hydrogen-bond acceptors (Lipinski definition) is 3. The summed E-state index contributed by atoms with van der Waals surface area (Å²) in [6.45, 7) is 4.15. The molecule has 0 radical (unpaired) electrons. The van der Waals surface area contributed by atoms with Gasteiger partial charge in [0.2, 0.25) is 5.91 Å². The first-order valence-electron chi connectivity index (χ1n) is 8.67. The zero-order chi connectivity index (χ0) is 15.5. The van der Waals surface area contributed by atoms with Crippen LogP contribution in [0.2, 0.25) is 0 Å². The van der Waals surface area contributed by atoms with Crippen molar-refractivity contribution in [2.45, 2.75) is 58.0 Å². The Hall–Kier alpha value is -1.29. The summed E-state index contributed by atoms with van der Waals surface area (Å²) in [5, 5.41) is 0. The average molecular weight is 304 g/mol. The fraction of sp³-hybridized carbons (Fsp3) is 0.722. The van der Waals surface area contributed by atoms with Crippen LogP contribution < -0.4 is 0 Å². The minimum atomic E-state index is 0.207. The highest BCUT2D eigenvalue weighted by Crippen LogP contribution is 2.35. The van der Waals surface area contributed by atoms with Crippen molar-refractivity contribution in [3.8, 4) is 0 Å². The topological polar surface area (TPSA) is 36.7 Å². The van der Waals surface area contributed by atoms with Crippen LogP contribution in [0.1, 0.15) is 50.0 Å². The Balaban J connectivity index is 1.53. The van der Waals surface area contributed by atoms with Gasteiger partial charge in [-0.3, -0.25) is 9.69 Å². The molecule has 1 aliphatic carbocycles. The molecule has 1 unspecified atom stereocenters. The molecule has 2 aliphatic rings. The number of carbonyl (C=O) groups excluding carboxylic acids is 1. The molecule has 2 fully saturated rings. The zero-order valence-electron chi connectivity index (χ0n) is 13.9. The summed E-state index contributed by atoms with van der Waals surface area (Å²) in [7, 11) is 1.88. The largest absolute Gasteiger partial charge is 0.464 e. The normalized spacial score (nSPS) is 23.3. The van der Waals surface area contributed by atoms with Crippen LogP contribution in [0, 0.1) is 12.8 Å². The maximum absolute atomic E-state index is 12.5. The van der Waals surface area contributed by atoms with E-state index >= 15 is 0 Å². The summed E-state index contributed by atoms with van der Waals surface area (Å²) < 4.78 is 5.57. The molecule has 1 saturated heterocycles. The molecule has 0 bridgehead atoms. The summed E-state index contributed by atoms with van der Waals surface area (Å²) >= 11 is 0. The Morgan fingerprint density at radius 2 is 2.05 bits per heavy atom. The molecule has 1 amide bonds. The predicted octanol–water partition coefficient (Wildman–Crippen LogP) is 3.20. The van der Waals surface area contributed by atoms with Crippen LogP contribution in [0.5, 0.6) is 0 Å². The van der Waals surface area contributed by atoms with Gasteiger partial charge >= 0.3 is 0 Å². The molecule has 3 rings (SSSR count). The molecule has 0 aromatic carbocycles. The molecule has 1 aromatic heterocycles. The second kappa shape index (κ2) is 6.86. The fourth-order valence-electron chi connectivity index (χ4n) is 4.11. The molecular weight excluding hydrogens is 276 g/mol. The van der Waals surface area contributed by atoms with Gasteiger partial charge in [-0.15, -0.1) is 0 Å².